The van der Waals surface area contributed by atoms with Crippen LogP contribution in [0, 0.1) is 0 Å². The van der Waals surface area contributed by atoms with Gasteiger partial charge in [0.25, 0.3) is 10.0 Å². The van der Waals surface area contributed by atoms with Gasteiger partial charge in [-0.3, -0.25) is 9.10 Å². The molecule has 0 radical (unpaired) electrons. The van der Waals surface area contributed by atoms with Crippen LogP contribution in [-0.2, 0) is 14.8 Å². The van der Waals surface area contributed by atoms with E-state index in [4.69, 9.17) is 25.8 Å². The van der Waals surface area contributed by atoms with E-state index in [9.17, 15) is 13.2 Å². The summed E-state index contributed by atoms with van der Waals surface area (Å²) in [7, 11) is 0.0651. The highest BCUT2D eigenvalue weighted by atomic mass is 35.5. The van der Waals surface area contributed by atoms with Gasteiger partial charge in [-0.2, -0.15) is 11.8 Å². The standard InChI is InChI=1S/C23H31ClN2O6S2/c1-23(2,3)33-12-11-25-22(27)15-26(18-13-16(24)7-9-19(18)30-4)34(28,29)17-8-10-20(31-5)21(14-17)32-6/h7-10,13-14H,11-12,15H2,1-6H3,(H,25,27). The van der Waals surface area contributed by atoms with Crippen molar-refractivity contribution >= 4 is 45.0 Å². The Morgan fingerprint density at radius 3 is 2.21 bits per heavy atom. The number of halogens is 1. The lowest BCUT2D eigenvalue weighted by atomic mass is 10.3. The van der Waals surface area contributed by atoms with Crippen LogP contribution in [0.15, 0.2) is 41.3 Å². The summed E-state index contributed by atoms with van der Waals surface area (Å²) in [6.45, 7) is 6.19. The van der Waals surface area contributed by atoms with Crippen molar-refractivity contribution in [2.24, 2.45) is 0 Å². The Balaban J connectivity index is 2.44. The Morgan fingerprint density at radius 1 is 1.00 bits per heavy atom. The number of hydrogen-bond donors (Lipinski definition) is 1. The van der Waals surface area contributed by atoms with Crippen LogP contribution in [-0.4, -0.2) is 59.2 Å². The van der Waals surface area contributed by atoms with Crippen LogP contribution >= 0.6 is 23.4 Å². The lowest BCUT2D eigenvalue weighted by Crippen LogP contribution is -2.41. The Kier molecular flexibility index (Phi) is 9.78. The minimum atomic E-state index is -4.22. The van der Waals surface area contributed by atoms with E-state index in [-0.39, 0.29) is 26.8 Å². The Morgan fingerprint density at radius 2 is 1.62 bits per heavy atom. The second-order valence-corrected chi connectivity index (χ2v) is 12.4. The molecule has 0 saturated heterocycles. The number of carbonyl (C=O) groups is 1. The van der Waals surface area contributed by atoms with Gasteiger partial charge in [-0.05, 0) is 30.3 Å². The molecule has 1 N–H and O–H groups in total. The summed E-state index contributed by atoms with van der Waals surface area (Å²) in [5, 5.41) is 3.08. The third-order valence-corrected chi connectivity index (χ3v) is 7.86. The van der Waals surface area contributed by atoms with Crippen LogP contribution in [0.2, 0.25) is 5.02 Å². The molecule has 188 valence electrons. The first-order chi connectivity index (χ1) is 15.9. The average Bonchev–Trinajstić information content (AvgIpc) is 2.79. The monoisotopic (exact) mass is 530 g/mol. The fraction of sp³-hybridized carbons (Fsp3) is 0.435. The van der Waals surface area contributed by atoms with Crippen LogP contribution in [0.4, 0.5) is 5.69 Å². The summed E-state index contributed by atoms with van der Waals surface area (Å²) in [5.41, 5.74) is 0.143. The Labute approximate surface area is 211 Å². The van der Waals surface area contributed by atoms with Crippen LogP contribution in [0.5, 0.6) is 17.2 Å². The number of benzene rings is 2. The van der Waals surface area contributed by atoms with Crippen molar-refractivity contribution in [3.8, 4) is 17.2 Å². The summed E-state index contributed by atoms with van der Waals surface area (Å²) >= 11 is 7.87. The van der Waals surface area contributed by atoms with Crippen molar-refractivity contribution in [2.45, 2.75) is 30.4 Å². The van der Waals surface area contributed by atoms with Crippen molar-refractivity contribution in [3.05, 3.63) is 41.4 Å². The molecule has 2 aromatic rings. The van der Waals surface area contributed by atoms with Crippen LogP contribution < -0.4 is 23.8 Å². The predicted octanol–water partition coefficient (Wildman–Crippen LogP) is 4.21. The molecule has 2 rings (SSSR count). The molecule has 0 aromatic heterocycles. The molecule has 0 heterocycles. The molecule has 8 nitrogen and oxygen atoms in total. The van der Waals surface area contributed by atoms with Gasteiger partial charge in [0, 0.05) is 28.1 Å². The molecule has 1 amide bonds. The molecule has 0 aliphatic heterocycles. The van der Waals surface area contributed by atoms with Gasteiger partial charge in [0.1, 0.15) is 12.3 Å². The first-order valence-corrected chi connectivity index (χ1v) is 13.2. The molecule has 0 spiro atoms. The summed E-state index contributed by atoms with van der Waals surface area (Å²) in [6.07, 6.45) is 0. The van der Waals surface area contributed by atoms with Crippen molar-refractivity contribution in [2.75, 3.05) is 44.5 Å². The fourth-order valence-electron chi connectivity index (χ4n) is 3.00. The van der Waals surface area contributed by atoms with E-state index >= 15 is 0 Å². The van der Waals surface area contributed by atoms with E-state index < -0.39 is 22.5 Å². The number of nitrogens with one attached hydrogen (secondary N) is 1. The van der Waals surface area contributed by atoms with Gasteiger partial charge in [-0.1, -0.05) is 32.4 Å². The molecule has 2 aromatic carbocycles. The number of thioether (sulfide) groups is 1. The fourth-order valence-corrected chi connectivity index (χ4v) is 5.42. The summed E-state index contributed by atoms with van der Waals surface area (Å²) in [5.74, 6) is 1.11. The SMILES string of the molecule is COc1ccc(S(=O)(=O)N(CC(=O)NCCSC(C)(C)C)c2cc(Cl)ccc2OC)cc1OC. The highest BCUT2D eigenvalue weighted by molar-refractivity contribution is 8.00. The topological polar surface area (TPSA) is 94.2 Å². The largest absolute Gasteiger partial charge is 0.495 e. The predicted molar refractivity (Wildman–Crippen MR) is 137 cm³/mol. The van der Waals surface area contributed by atoms with Crippen molar-refractivity contribution in [1.29, 1.82) is 0 Å². The zero-order chi connectivity index (χ0) is 25.5. The first kappa shape index (κ1) is 27.9. The molecule has 0 aliphatic rings. The highest BCUT2D eigenvalue weighted by Crippen LogP contribution is 2.37. The van der Waals surface area contributed by atoms with Crippen LogP contribution in [0.3, 0.4) is 0 Å². The van der Waals surface area contributed by atoms with Crippen LogP contribution in [0.25, 0.3) is 0 Å². The second kappa shape index (κ2) is 11.9. The maximum absolute atomic E-state index is 13.7. The maximum atomic E-state index is 13.7. The van der Waals surface area contributed by atoms with Gasteiger partial charge < -0.3 is 19.5 Å². The molecule has 34 heavy (non-hydrogen) atoms. The third-order valence-electron chi connectivity index (χ3n) is 4.60. The molecular formula is C23H31ClN2O6S2. The minimum absolute atomic E-state index is 0.0572. The van der Waals surface area contributed by atoms with Gasteiger partial charge >= 0.3 is 0 Å². The molecule has 0 aliphatic carbocycles. The lowest BCUT2D eigenvalue weighted by Gasteiger charge is -2.26. The van der Waals surface area contributed by atoms with Crippen molar-refractivity contribution in [3.63, 3.8) is 0 Å². The quantitative estimate of drug-likeness (QED) is 0.435. The molecule has 0 unspecified atom stereocenters. The molecule has 0 saturated carbocycles. The number of hydrogen-bond acceptors (Lipinski definition) is 7. The number of ether oxygens (including phenoxy) is 3. The normalized spacial score (nSPS) is 11.6. The van der Waals surface area contributed by atoms with E-state index in [0.29, 0.717) is 23.1 Å². The number of nitrogens with zero attached hydrogens (tertiary/aromatic N) is 1. The first-order valence-electron chi connectivity index (χ1n) is 10.4. The Hall–Kier alpha value is -2.30. The number of carbonyl (C=O) groups excluding carboxylic acids is 1. The Bertz CT molecular complexity index is 1100. The number of amides is 1. The number of sulfonamides is 1. The molecule has 0 fully saturated rings. The van der Waals surface area contributed by atoms with Gasteiger partial charge in [0.05, 0.1) is 31.9 Å². The maximum Gasteiger partial charge on any atom is 0.265 e. The number of anilines is 1. The number of rotatable bonds is 11. The third kappa shape index (κ3) is 7.35. The molecule has 0 bridgehead atoms. The van der Waals surface area contributed by atoms with Crippen molar-refractivity contribution in [1.82, 2.24) is 5.32 Å². The second-order valence-electron chi connectivity index (χ2n) is 8.16. The van der Waals surface area contributed by atoms with E-state index in [2.05, 4.69) is 26.1 Å². The van der Waals surface area contributed by atoms with E-state index in [1.807, 2.05) is 0 Å². The zero-order valence-corrected chi connectivity index (χ0v) is 22.6. The zero-order valence-electron chi connectivity index (χ0n) is 20.2. The molecule has 0 atom stereocenters. The molecular weight excluding hydrogens is 500 g/mol. The van der Waals surface area contributed by atoms with E-state index in [0.717, 1.165) is 4.31 Å². The van der Waals surface area contributed by atoms with Gasteiger partial charge in [-0.15, -0.1) is 0 Å². The van der Waals surface area contributed by atoms with Crippen LogP contribution in [0.1, 0.15) is 20.8 Å². The van der Waals surface area contributed by atoms with Gasteiger partial charge in [0.2, 0.25) is 5.91 Å². The summed E-state index contributed by atoms with van der Waals surface area (Å²) in [4.78, 5) is 12.7. The highest BCUT2D eigenvalue weighted by Gasteiger charge is 2.30. The van der Waals surface area contributed by atoms with Gasteiger partial charge in [-0.25, -0.2) is 8.42 Å². The lowest BCUT2D eigenvalue weighted by molar-refractivity contribution is -0.119. The smallest absolute Gasteiger partial charge is 0.265 e. The summed E-state index contributed by atoms with van der Waals surface area (Å²) < 4.78 is 44.3. The summed E-state index contributed by atoms with van der Waals surface area (Å²) in [6, 6.07) is 8.79. The van der Waals surface area contributed by atoms with Gasteiger partial charge in [0.15, 0.2) is 11.5 Å². The average molecular weight is 531 g/mol. The van der Waals surface area contributed by atoms with E-state index in [1.165, 1.54) is 45.6 Å². The van der Waals surface area contributed by atoms with E-state index in [1.54, 1.807) is 23.9 Å². The molecule has 11 heteroatoms. The van der Waals surface area contributed by atoms with Crippen molar-refractivity contribution < 1.29 is 27.4 Å². The number of methoxy groups -OCH3 is 3. The minimum Gasteiger partial charge on any atom is -0.495 e.